The maximum Gasteiger partial charge on any atom is 0.115 e. The van der Waals surface area contributed by atoms with E-state index in [4.69, 9.17) is 5.73 Å². The molecule has 66 valence electrons. The van der Waals surface area contributed by atoms with Gasteiger partial charge in [-0.05, 0) is 24.7 Å². The van der Waals surface area contributed by atoms with Crippen LogP contribution in [0.2, 0.25) is 0 Å². The number of rotatable bonds is 1. The molecule has 1 rings (SSSR count). The molecular weight excluding hydrogens is 141 g/mol. The largest absolute Gasteiger partial charge is 0.325 e. The van der Waals surface area contributed by atoms with Crippen LogP contribution in [-0.2, 0) is 0 Å². The standard InChI is InChI=1S/C9H18FN/c1-6(2)7-4-3-5-8(10)9(7)11/h6-9H,3-5,11H2,1-2H3/t7-,8+,9+/m0/s1. The molecule has 1 nitrogen and oxygen atoms in total. The molecule has 0 heterocycles. The van der Waals surface area contributed by atoms with Crippen molar-refractivity contribution in [3.8, 4) is 0 Å². The predicted octanol–water partition coefficient (Wildman–Crippen LogP) is 2.11. The van der Waals surface area contributed by atoms with Gasteiger partial charge in [-0.2, -0.15) is 0 Å². The van der Waals surface area contributed by atoms with Gasteiger partial charge in [0.15, 0.2) is 0 Å². The van der Waals surface area contributed by atoms with E-state index in [-0.39, 0.29) is 6.04 Å². The molecule has 0 aromatic carbocycles. The summed E-state index contributed by atoms with van der Waals surface area (Å²) < 4.78 is 13.1. The zero-order chi connectivity index (χ0) is 8.43. The summed E-state index contributed by atoms with van der Waals surface area (Å²) in [7, 11) is 0. The summed E-state index contributed by atoms with van der Waals surface area (Å²) in [5.41, 5.74) is 5.75. The van der Waals surface area contributed by atoms with Crippen LogP contribution >= 0.6 is 0 Å². The van der Waals surface area contributed by atoms with E-state index in [2.05, 4.69) is 13.8 Å². The molecule has 2 heteroatoms. The number of hydrogen-bond donors (Lipinski definition) is 1. The Morgan fingerprint density at radius 3 is 2.45 bits per heavy atom. The highest BCUT2D eigenvalue weighted by Crippen LogP contribution is 2.30. The van der Waals surface area contributed by atoms with Gasteiger partial charge in [0.2, 0.25) is 0 Å². The molecule has 1 aliphatic carbocycles. The van der Waals surface area contributed by atoms with Crippen LogP contribution in [0.1, 0.15) is 33.1 Å². The Morgan fingerprint density at radius 1 is 1.36 bits per heavy atom. The maximum absolute atomic E-state index is 13.1. The molecular formula is C9H18FN. The molecule has 1 fully saturated rings. The summed E-state index contributed by atoms with van der Waals surface area (Å²) in [6, 6.07) is -0.205. The summed E-state index contributed by atoms with van der Waals surface area (Å²) in [5.74, 6) is 0.933. The molecule has 1 aliphatic rings. The van der Waals surface area contributed by atoms with Crippen molar-refractivity contribution < 1.29 is 4.39 Å². The van der Waals surface area contributed by atoms with Crippen LogP contribution in [0, 0.1) is 11.8 Å². The summed E-state index contributed by atoms with van der Waals surface area (Å²) in [5, 5.41) is 0. The topological polar surface area (TPSA) is 26.0 Å². The summed E-state index contributed by atoms with van der Waals surface area (Å²) >= 11 is 0. The third kappa shape index (κ3) is 1.92. The van der Waals surface area contributed by atoms with Gasteiger partial charge in [-0.25, -0.2) is 4.39 Å². The van der Waals surface area contributed by atoms with Crippen molar-refractivity contribution in [1.29, 1.82) is 0 Å². The van der Waals surface area contributed by atoms with Gasteiger partial charge in [0.1, 0.15) is 6.17 Å². The van der Waals surface area contributed by atoms with Gasteiger partial charge in [-0.15, -0.1) is 0 Å². The van der Waals surface area contributed by atoms with Gasteiger partial charge in [0.05, 0.1) is 0 Å². The van der Waals surface area contributed by atoms with Gasteiger partial charge < -0.3 is 5.73 Å². The third-order valence-electron chi connectivity index (χ3n) is 2.79. The maximum atomic E-state index is 13.1. The van der Waals surface area contributed by atoms with Crippen LogP contribution in [-0.4, -0.2) is 12.2 Å². The van der Waals surface area contributed by atoms with Gasteiger partial charge >= 0.3 is 0 Å². The van der Waals surface area contributed by atoms with Crippen molar-refractivity contribution in [1.82, 2.24) is 0 Å². The first kappa shape index (κ1) is 8.98. The highest BCUT2D eigenvalue weighted by Gasteiger charge is 2.31. The fourth-order valence-corrected chi connectivity index (χ4v) is 1.98. The molecule has 3 atom stereocenters. The first-order valence-electron chi connectivity index (χ1n) is 4.52. The Labute approximate surface area is 68.2 Å². The Morgan fingerprint density at radius 2 is 2.00 bits per heavy atom. The van der Waals surface area contributed by atoms with E-state index in [0.29, 0.717) is 18.3 Å². The number of alkyl halides is 1. The Bertz CT molecular complexity index is 125. The van der Waals surface area contributed by atoms with E-state index in [9.17, 15) is 4.39 Å². The fourth-order valence-electron chi connectivity index (χ4n) is 1.98. The summed E-state index contributed by atoms with van der Waals surface area (Å²) in [6.07, 6.45) is 2.04. The molecule has 0 spiro atoms. The van der Waals surface area contributed by atoms with E-state index in [0.717, 1.165) is 12.8 Å². The third-order valence-corrected chi connectivity index (χ3v) is 2.79. The molecule has 1 saturated carbocycles. The van der Waals surface area contributed by atoms with Crippen molar-refractivity contribution in [2.45, 2.75) is 45.3 Å². The van der Waals surface area contributed by atoms with Crippen LogP contribution < -0.4 is 5.73 Å². The van der Waals surface area contributed by atoms with Gasteiger partial charge in [0.25, 0.3) is 0 Å². The van der Waals surface area contributed by atoms with E-state index < -0.39 is 6.17 Å². The second-order valence-electron chi connectivity index (χ2n) is 3.93. The van der Waals surface area contributed by atoms with E-state index in [1.165, 1.54) is 0 Å². The van der Waals surface area contributed by atoms with E-state index in [1.807, 2.05) is 0 Å². The lowest BCUT2D eigenvalue weighted by Gasteiger charge is -2.34. The Kier molecular flexibility index (Phi) is 2.88. The van der Waals surface area contributed by atoms with Crippen molar-refractivity contribution in [2.24, 2.45) is 17.6 Å². The molecule has 0 bridgehead atoms. The van der Waals surface area contributed by atoms with Crippen LogP contribution in [0.5, 0.6) is 0 Å². The average molecular weight is 159 g/mol. The molecule has 0 amide bonds. The lowest BCUT2D eigenvalue weighted by atomic mass is 9.77. The molecule has 0 aromatic heterocycles. The molecule has 0 unspecified atom stereocenters. The van der Waals surface area contributed by atoms with Crippen molar-refractivity contribution >= 4 is 0 Å². The minimum absolute atomic E-state index is 0.205. The minimum Gasteiger partial charge on any atom is -0.325 e. The van der Waals surface area contributed by atoms with Crippen LogP contribution in [0.4, 0.5) is 4.39 Å². The lowest BCUT2D eigenvalue weighted by molar-refractivity contribution is 0.133. The first-order valence-corrected chi connectivity index (χ1v) is 4.52. The van der Waals surface area contributed by atoms with Crippen LogP contribution in [0.25, 0.3) is 0 Å². The minimum atomic E-state index is -0.754. The van der Waals surface area contributed by atoms with E-state index in [1.54, 1.807) is 0 Å². The zero-order valence-corrected chi connectivity index (χ0v) is 7.39. The van der Waals surface area contributed by atoms with Gasteiger partial charge in [-0.1, -0.05) is 20.3 Å². The van der Waals surface area contributed by atoms with Crippen molar-refractivity contribution in [2.75, 3.05) is 0 Å². The SMILES string of the molecule is CC(C)[C@@H]1CCC[C@@H](F)[C@@H]1N. The molecule has 0 saturated heterocycles. The molecule has 0 aromatic rings. The number of hydrogen-bond acceptors (Lipinski definition) is 1. The van der Waals surface area contributed by atoms with Crippen LogP contribution in [0.3, 0.4) is 0 Å². The highest BCUT2D eigenvalue weighted by molar-refractivity contribution is 4.86. The smallest absolute Gasteiger partial charge is 0.115 e. The van der Waals surface area contributed by atoms with Crippen LogP contribution in [0.15, 0.2) is 0 Å². The molecule has 11 heavy (non-hydrogen) atoms. The number of nitrogens with two attached hydrogens (primary N) is 1. The van der Waals surface area contributed by atoms with Gasteiger partial charge in [-0.3, -0.25) is 0 Å². The fraction of sp³-hybridized carbons (Fsp3) is 1.00. The quantitative estimate of drug-likeness (QED) is 0.623. The second kappa shape index (κ2) is 3.53. The second-order valence-corrected chi connectivity index (χ2v) is 3.93. The predicted molar refractivity (Wildman–Crippen MR) is 45.1 cm³/mol. The van der Waals surface area contributed by atoms with E-state index >= 15 is 0 Å². The number of halogens is 1. The first-order chi connectivity index (χ1) is 5.13. The van der Waals surface area contributed by atoms with Crippen molar-refractivity contribution in [3.05, 3.63) is 0 Å². The lowest BCUT2D eigenvalue weighted by Crippen LogP contribution is -2.44. The summed E-state index contributed by atoms with van der Waals surface area (Å²) in [6.45, 7) is 4.26. The van der Waals surface area contributed by atoms with Crippen molar-refractivity contribution in [3.63, 3.8) is 0 Å². The monoisotopic (exact) mass is 159 g/mol. The Hall–Kier alpha value is -0.110. The Balaban J connectivity index is 2.51. The van der Waals surface area contributed by atoms with Gasteiger partial charge in [0, 0.05) is 6.04 Å². The normalized spacial score (nSPS) is 39.5. The average Bonchev–Trinajstić information content (AvgIpc) is 1.94. The summed E-state index contributed by atoms with van der Waals surface area (Å²) in [4.78, 5) is 0. The molecule has 0 aliphatic heterocycles. The molecule has 2 N–H and O–H groups in total. The zero-order valence-electron chi connectivity index (χ0n) is 7.39. The highest BCUT2D eigenvalue weighted by atomic mass is 19.1. The molecule has 0 radical (unpaired) electrons.